The van der Waals surface area contributed by atoms with Crippen molar-refractivity contribution in [2.75, 3.05) is 0 Å². The molecule has 1 rings (SSSR count). The predicted octanol–water partition coefficient (Wildman–Crippen LogP) is 2.50. The lowest BCUT2D eigenvalue weighted by molar-refractivity contribution is 0.0305. The molecule has 1 heteroatoms. The Bertz CT molecular complexity index is 170. The first-order valence-corrected chi connectivity index (χ1v) is 4.38. The van der Waals surface area contributed by atoms with E-state index in [-0.39, 0.29) is 5.41 Å². The second kappa shape index (κ2) is 2.63. The van der Waals surface area contributed by atoms with E-state index in [1.54, 1.807) is 0 Å². The molecule has 0 bridgehead atoms. The Labute approximate surface area is 69.1 Å². The normalized spacial score (nSPS) is 35.6. The molecular weight excluding hydrogens is 136 g/mol. The van der Waals surface area contributed by atoms with Crippen LogP contribution in [0.25, 0.3) is 0 Å². The molecule has 1 nitrogen and oxygen atoms in total. The summed E-state index contributed by atoms with van der Waals surface area (Å²) >= 11 is 0. The van der Waals surface area contributed by atoms with E-state index < -0.39 is 5.60 Å². The highest BCUT2D eigenvalue weighted by atomic mass is 16.3. The van der Waals surface area contributed by atoms with Crippen molar-refractivity contribution in [2.24, 2.45) is 5.41 Å². The Morgan fingerprint density at radius 1 is 1.45 bits per heavy atom. The van der Waals surface area contributed by atoms with Crippen LogP contribution >= 0.6 is 0 Å². The average molecular weight is 154 g/mol. The van der Waals surface area contributed by atoms with Crippen molar-refractivity contribution >= 4 is 0 Å². The SMILES string of the molecule is CCC1(O)C=CCC(C)(C)C1. The van der Waals surface area contributed by atoms with Crippen molar-refractivity contribution in [1.82, 2.24) is 0 Å². The number of rotatable bonds is 1. The summed E-state index contributed by atoms with van der Waals surface area (Å²) in [6.45, 7) is 6.44. The molecule has 1 aliphatic rings. The molecule has 1 aliphatic carbocycles. The van der Waals surface area contributed by atoms with Crippen LogP contribution in [0.3, 0.4) is 0 Å². The van der Waals surface area contributed by atoms with Gasteiger partial charge < -0.3 is 5.11 Å². The third-order valence-corrected chi connectivity index (χ3v) is 2.50. The Hall–Kier alpha value is -0.300. The van der Waals surface area contributed by atoms with E-state index in [1.165, 1.54) is 0 Å². The van der Waals surface area contributed by atoms with E-state index in [2.05, 4.69) is 19.9 Å². The molecule has 0 heterocycles. The quantitative estimate of drug-likeness (QED) is 0.575. The van der Waals surface area contributed by atoms with Gasteiger partial charge in [0.15, 0.2) is 0 Å². The molecule has 0 aromatic heterocycles. The third kappa shape index (κ3) is 2.06. The molecule has 0 radical (unpaired) electrons. The average Bonchev–Trinajstić information content (AvgIpc) is 1.85. The molecule has 0 saturated carbocycles. The van der Waals surface area contributed by atoms with Crippen molar-refractivity contribution in [3.05, 3.63) is 12.2 Å². The van der Waals surface area contributed by atoms with Crippen LogP contribution in [0.15, 0.2) is 12.2 Å². The minimum atomic E-state index is -0.526. The van der Waals surface area contributed by atoms with Crippen LogP contribution in [0.2, 0.25) is 0 Å². The van der Waals surface area contributed by atoms with Gasteiger partial charge in [-0.15, -0.1) is 0 Å². The smallest absolute Gasteiger partial charge is 0.0830 e. The summed E-state index contributed by atoms with van der Waals surface area (Å²) < 4.78 is 0. The van der Waals surface area contributed by atoms with Crippen molar-refractivity contribution in [2.45, 2.75) is 45.6 Å². The minimum Gasteiger partial charge on any atom is -0.386 e. The molecule has 64 valence electrons. The molecule has 1 N–H and O–H groups in total. The van der Waals surface area contributed by atoms with Gasteiger partial charge in [0.1, 0.15) is 0 Å². The number of hydrogen-bond donors (Lipinski definition) is 1. The molecule has 0 spiro atoms. The van der Waals surface area contributed by atoms with Crippen molar-refractivity contribution < 1.29 is 5.11 Å². The van der Waals surface area contributed by atoms with Gasteiger partial charge in [-0.05, 0) is 24.7 Å². The zero-order valence-corrected chi connectivity index (χ0v) is 7.72. The maximum atomic E-state index is 9.93. The first kappa shape index (κ1) is 8.79. The maximum Gasteiger partial charge on any atom is 0.0830 e. The fourth-order valence-corrected chi connectivity index (χ4v) is 1.80. The largest absolute Gasteiger partial charge is 0.386 e. The van der Waals surface area contributed by atoms with E-state index >= 15 is 0 Å². The summed E-state index contributed by atoms with van der Waals surface area (Å²) in [4.78, 5) is 0. The Balaban J connectivity index is 2.74. The van der Waals surface area contributed by atoms with Gasteiger partial charge in [0, 0.05) is 0 Å². The lowest BCUT2D eigenvalue weighted by Gasteiger charge is -2.36. The fourth-order valence-electron chi connectivity index (χ4n) is 1.80. The van der Waals surface area contributed by atoms with E-state index in [4.69, 9.17) is 0 Å². The van der Waals surface area contributed by atoms with Gasteiger partial charge in [-0.1, -0.05) is 32.9 Å². The fraction of sp³-hybridized carbons (Fsp3) is 0.800. The van der Waals surface area contributed by atoms with Gasteiger partial charge in [0.05, 0.1) is 5.60 Å². The summed E-state index contributed by atoms with van der Waals surface area (Å²) in [5.41, 5.74) is -0.249. The number of hydrogen-bond acceptors (Lipinski definition) is 1. The number of aliphatic hydroxyl groups is 1. The molecule has 1 atom stereocenters. The highest BCUT2D eigenvalue weighted by Crippen LogP contribution is 2.38. The molecule has 0 aliphatic heterocycles. The van der Waals surface area contributed by atoms with Crippen LogP contribution in [-0.2, 0) is 0 Å². The first-order chi connectivity index (χ1) is 4.97. The molecule has 11 heavy (non-hydrogen) atoms. The van der Waals surface area contributed by atoms with E-state index in [0.29, 0.717) is 0 Å². The molecular formula is C10H18O. The van der Waals surface area contributed by atoms with Gasteiger partial charge in [-0.25, -0.2) is 0 Å². The minimum absolute atomic E-state index is 0.277. The molecule has 1 unspecified atom stereocenters. The molecule has 0 fully saturated rings. The second-order valence-corrected chi connectivity index (χ2v) is 4.40. The summed E-state index contributed by atoms with van der Waals surface area (Å²) in [5, 5.41) is 9.93. The monoisotopic (exact) mass is 154 g/mol. The molecule has 0 aromatic rings. The summed E-state index contributed by atoms with van der Waals surface area (Å²) in [6, 6.07) is 0. The van der Waals surface area contributed by atoms with E-state index in [1.807, 2.05) is 13.0 Å². The Morgan fingerprint density at radius 2 is 2.09 bits per heavy atom. The van der Waals surface area contributed by atoms with Crippen LogP contribution in [0.4, 0.5) is 0 Å². The summed E-state index contributed by atoms with van der Waals surface area (Å²) in [7, 11) is 0. The van der Waals surface area contributed by atoms with Crippen LogP contribution < -0.4 is 0 Å². The van der Waals surface area contributed by atoms with Crippen LogP contribution in [0.1, 0.15) is 40.0 Å². The zero-order chi connectivity index (χ0) is 8.54. The lowest BCUT2D eigenvalue weighted by atomic mass is 9.73. The van der Waals surface area contributed by atoms with Gasteiger partial charge in [-0.3, -0.25) is 0 Å². The maximum absolute atomic E-state index is 9.93. The highest BCUT2D eigenvalue weighted by Gasteiger charge is 2.33. The van der Waals surface area contributed by atoms with Gasteiger partial charge >= 0.3 is 0 Å². The van der Waals surface area contributed by atoms with Crippen molar-refractivity contribution in [1.29, 1.82) is 0 Å². The van der Waals surface area contributed by atoms with Gasteiger partial charge in [-0.2, -0.15) is 0 Å². The zero-order valence-electron chi connectivity index (χ0n) is 7.72. The Kier molecular flexibility index (Phi) is 2.10. The summed E-state index contributed by atoms with van der Waals surface area (Å²) in [6.07, 6.45) is 6.88. The van der Waals surface area contributed by atoms with Gasteiger partial charge in [0.2, 0.25) is 0 Å². The van der Waals surface area contributed by atoms with Crippen LogP contribution in [0, 0.1) is 5.41 Å². The van der Waals surface area contributed by atoms with Crippen molar-refractivity contribution in [3.63, 3.8) is 0 Å². The third-order valence-electron chi connectivity index (χ3n) is 2.50. The summed E-state index contributed by atoms with van der Waals surface area (Å²) in [5.74, 6) is 0. The highest BCUT2D eigenvalue weighted by molar-refractivity contribution is 5.08. The van der Waals surface area contributed by atoms with E-state index in [9.17, 15) is 5.11 Å². The standard InChI is InChI=1S/C10H18O/c1-4-10(11)7-5-6-9(2,3)8-10/h5,7,11H,4,6,8H2,1-3H3. The van der Waals surface area contributed by atoms with E-state index in [0.717, 1.165) is 19.3 Å². The first-order valence-electron chi connectivity index (χ1n) is 4.38. The molecule has 0 aromatic carbocycles. The Morgan fingerprint density at radius 3 is 2.45 bits per heavy atom. The molecule has 0 saturated heterocycles. The van der Waals surface area contributed by atoms with Crippen molar-refractivity contribution in [3.8, 4) is 0 Å². The lowest BCUT2D eigenvalue weighted by Crippen LogP contribution is -2.34. The van der Waals surface area contributed by atoms with Crippen LogP contribution in [-0.4, -0.2) is 10.7 Å². The topological polar surface area (TPSA) is 20.2 Å². The number of allylic oxidation sites excluding steroid dienone is 1. The van der Waals surface area contributed by atoms with Gasteiger partial charge in [0.25, 0.3) is 0 Å². The second-order valence-electron chi connectivity index (χ2n) is 4.40. The predicted molar refractivity (Wildman–Crippen MR) is 47.4 cm³/mol. The van der Waals surface area contributed by atoms with Crippen LogP contribution in [0.5, 0.6) is 0 Å². The molecule has 0 amide bonds.